The van der Waals surface area contributed by atoms with Gasteiger partial charge in [-0.1, -0.05) is 0 Å². The van der Waals surface area contributed by atoms with Crippen molar-refractivity contribution in [2.45, 2.75) is 12.8 Å². The van der Waals surface area contributed by atoms with Crippen LogP contribution < -0.4 is 4.57 Å². The molecule has 0 unspecified atom stereocenters. The molecule has 4 nitrogen and oxygen atoms in total. The van der Waals surface area contributed by atoms with Crippen molar-refractivity contribution < 1.29 is 14.0 Å². The molecule has 0 aliphatic carbocycles. The fourth-order valence-electron chi connectivity index (χ4n) is 1.03. The molecule has 0 aromatic carbocycles. The summed E-state index contributed by atoms with van der Waals surface area (Å²) in [4.78, 5) is 0. The summed E-state index contributed by atoms with van der Waals surface area (Å²) < 4.78 is 14.1. The first-order chi connectivity index (χ1) is 5.76. The standard InChI is InChI=1S/C8H15N2O2/c1-9-4-5-10(7-9)6-8(11-2)12-3/h4-5,7-8H,6H2,1-3H3/q+1. The van der Waals surface area contributed by atoms with Crippen LogP contribution in [0, 0.1) is 0 Å². The largest absolute Gasteiger partial charge is 0.352 e. The number of nitrogens with zero attached hydrogens (tertiary/aromatic N) is 2. The van der Waals surface area contributed by atoms with Crippen LogP contribution in [-0.2, 0) is 23.1 Å². The lowest BCUT2D eigenvalue weighted by Gasteiger charge is -2.09. The first kappa shape index (κ1) is 9.22. The van der Waals surface area contributed by atoms with Crippen molar-refractivity contribution in [2.24, 2.45) is 7.05 Å². The van der Waals surface area contributed by atoms with Gasteiger partial charge in [0.25, 0.3) is 0 Å². The number of rotatable bonds is 4. The van der Waals surface area contributed by atoms with Crippen molar-refractivity contribution in [3.8, 4) is 0 Å². The van der Waals surface area contributed by atoms with E-state index in [0.29, 0.717) is 6.54 Å². The smallest absolute Gasteiger partial charge is 0.243 e. The number of hydrogen-bond acceptors (Lipinski definition) is 2. The molecule has 1 aromatic heterocycles. The van der Waals surface area contributed by atoms with E-state index in [9.17, 15) is 0 Å². The quantitative estimate of drug-likeness (QED) is 0.468. The molecule has 0 spiro atoms. The van der Waals surface area contributed by atoms with Crippen LogP contribution >= 0.6 is 0 Å². The van der Waals surface area contributed by atoms with Crippen molar-refractivity contribution in [3.63, 3.8) is 0 Å². The third-order valence-corrected chi connectivity index (χ3v) is 1.71. The molecule has 1 rings (SSSR count). The zero-order valence-electron chi connectivity index (χ0n) is 7.73. The van der Waals surface area contributed by atoms with E-state index in [1.54, 1.807) is 14.2 Å². The summed E-state index contributed by atoms with van der Waals surface area (Å²) in [6.45, 7) is 0.716. The van der Waals surface area contributed by atoms with Gasteiger partial charge in [-0.2, -0.15) is 0 Å². The van der Waals surface area contributed by atoms with Crippen molar-refractivity contribution in [1.29, 1.82) is 0 Å². The van der Waals surface area contributed by atoms with Crippen molar-refractivity contribution in [2.75, 3.05) is 14.2 Å². The third-order valence-electron chi connectivity index (χ3n) is 1.71. The van der Waals surface area contributed by atoms with Crippen LogP contribution in [0.1, 0.15) is 0 Å². The van der Waals surface area contributed by atoms with Crippen LogP contribution in [0.2, 0.25) is 0 Å². The molecule has 0 radical (unpaired) electrons. The molecular formula is C8H15N2O2+. The van der Waals surface area contributed by atoms with Crippen molar-refractivity contribution >= 4 is 0 Å². The van der Waals surface area contributed by atoms with E-state index in [2.05, 4.69) is 0 Å². The molecule has 0 saturated heterocycles. The Morgan fingerprint density at radius 2 is 2.08 bits per heavy atom. The second-order valence-corrected chi connectivity index (χ2v) is 2.68. The fourth-order valence-corrected chi connectivity index (χ4v) is 1.03. The molecular weight excluding hydrogens is 156 g/mol. The van der Waals surface area contributed by atoms with E-state index in [0.717, 1.165) is 0 Å². The first-order valence-corrected chi connectivity index (χ1v) is 3.83. The van der Waals surface area contributed by atoms with E-state index in [1.807, 2.05) is 34.9 Å². The molecule has 0 aliphatic rings. The highest BCUT2D eigenvalue weighted by molar-refractivity contribution is 4.66. The van der Waals surface area contributed by atoms with E-state index >= 15 is 0 Å². The van der Waals surface area contributed by atoms with Gasteiger partial charge in [0.05, 0.1) is 7.05 Å². The minimum Gasteiger partial charge on any atom is -0.352 e. The Morgan fingerprint density at radius 1 is 1.42 bits per heavy atom. The van der Waals surface area contributed by atoms with Gasteiger partial charge >= 0.3 is 0 Å². The number of ether oxygens (including phenoxy) is 2. The highest BCUT2D eigenvalue weighted by Gasteiger charge is 2.09. The Hall–Kier alpha value is -0.870. The van der Waals surface area contributed by atoms with Gasteiger partial charge < -0.3 is 9.47 Å². The minimum atomic E-state index is -0.169. The van der Waals surface area contributed by atoms with E-state index < -0.39 is 0 Å². The molecule has 0 fully saturated rings. The van der Waals surface area contributed by atoms with Gasteiger partial charge in [-0.05, 0) is 0 Å². The van der Waals surface area contributed by atoms with Gasteiger partial charge in [-0.25, -0.2) is 9.13 Å². The zero-order chi connectivity index (χ0) is 8.97. The van der Waals surface area contributed by atoms with Crippen LogP contribution in [0.3, 0.4) is 0 Å². The van der Waals surface area contributed by atoms with Gasteiger partial charge in [0.1, 0.15) is 18.9 Å². The number of imidazole rings is 1. The summed E-state index contributed by atoms with van der Waals surface area (Å²) >= 11 is 0. The maximum absolute atomic E-state index is 5.06. The SMILES string of the molecule is COC(Cn1cc[n+](C)c1)OC. The number of methoxy groups -OCH3 is 2. The normalized spacial score (nSPS) is 11.0. The third kappa shape index (κ3) is 2.32. The molecule has 0 bridgehead atoms. The molecule has 0 atom stereocenters. The molecule has 68 valence electrons. The summed E-state index contributed by atoms with van der Waals surface area (Å²) in [6, 6.07) is 0. The molecule has 0 amide bonds. The van der Waals surface area contributed by atoms with Crippen LogP contribution in [0.25, 0.3) is 0 Å². The van der Waals surface area contributed by atoms with E-state index in [4.69, 9.17) is 9.47 Å². The summed E-state index contributed by atoms with van der Waals surface area (Å²) in [5.74, 6) is 0. The van der Waals surface area contributed by atoms with E-state index in [-0.39, 0.29) is 6.29 Å². The van der Waals surface area contributed by atoms with Crippen LogP contribution in [-0.4, -0.2) is 25.1 Å². The lowest BCUT2D eigenvalue weighted by Crippen LogP contribution is -2.25. The van der Waals surface area contributed by atoms with Crippen molar-refractivity contribution in [3.05, 3.63) is 18.7 Å². The van der Waals surface area contributed by atoms with Gasteiger partial charge in [-0.3, -0.25) is 0 Å². The molecule has 0 aliphatic heterocycles. The number of aromatic nitrogens is 2. The Morgan fingerprint density at radius 3 is 2.50 bits per heavy atom. The monoisotopic (exact) mass is 171 g/mol. The zero-order valence-corrected chi connectivity index (χ0v) is 7.73. The fraction of sp³-hybridized carbons (Fsp3) is 0.625. The predicted octanol–water partition coefficient (Wildman–Crippen LogP) is -0.0685. The summed E-state index contributed by atoms with van der Waals surface area (Å²) in [6.07, 6.45) is 5.76. The van der Waals surface area contributed by atoms with E-state index in [1.165, 1.54) is 0 Å². The number of hydrogen-bond donors (Lipinski definition) is 0. The summed E-state index contributed by atoms with van der Waals surface area (Å²) in [7, 11) is 5.25. The Labute approximate surface area is 72.3 Å². The Bertz CT molecular complexity index is 231. The van der Waals surface area contributed by atoms with Gasteiger partial charge in [-0.15, -0.1) is 0 Å². The maximum Gasteiger partial charge on any atom is 0.243 e. The highest BCUT2D eigenvalue weighted by Crippen LogP contribution is 1.95. The summed E-state index contributed by atoms with van der Waals surface area (Å²) in [5.41, 5.74) is 0. The lowest BCUT2D eigenvalue weighted by molar-refractivity contribution is -0.671. The highest BCUT2D eigenvalue weighted by atomic mass is 16.7. The molecule has 0 saturated carbocycles. The minimum absolute atomic E-state index is 0.169. The summed E-state index contributed by atoms with van der Waals surface area (Å²) in [5, 5.41) is 0. The molecule has 12 heavy (non-hydrogen) atoms. The maximum atomic E-state index is 5.06. The number of aryl methyl sites for hydroxylation is 1. The first-order valence-electron chi connectivity index (χ1n) is 3.83. The van der Waals surface area contributed by atoms with Crippen molar-refractivity contribution in [1.82, 2.24) is 4.57 Å². The Kier molecular flexibility index (Phi) is 3.25. The topological polar surface area (TPSA) is 27.3 Å². The molecule has 1 heterocycles. The molecule has 4 heteroatoms. The van der Waals surface area contributed by atoms with Crippen LogP contribution in [0.15, 0.2) is 18.7 Å². The Balaban J connectivity index is 2.50. The lowest BCUT2D eigenvalue weighted by atomic mass is 10.6. The van der Waals surface area contributed by atoms with Gasteiger partial charge in [0.2, 0.25) is 6.33 Å². The second kappa shape index (κ2) is 4.23. The molecule has 1 aromatic rings. The second-order valence-electron chi connectivity index (χ2n) is 2.68. The average molecular weight is 171 g/mol. The van der Waals surface area contributed by atoms with Gasteiger partial charge in [0, 0.05) is 14.2 Å². The van der Waals surface area contributed by atoms with Gasteiger partial charge in [0.15, 0.2) is 6.29 Å². The average Bonchev–Trinajstić information content (AvgIpc) is 2.47. The predicted molar refractivity (Wildman–Crippen MR) is 43.4 cm³/mol. The van der Waals surface area contributed by atoms with Crippen LogP contribution in [0.5, 0.6) is 0 Å². The van der Waals surface area contributed by atoms with Crippen LogP contribution in [0.4, 0.5) is 0 Å². The molecule has 0 N–H and O–H groups in total.